The molecule has 0 radical (unpaired) electrons. The van der Waals surface area contributed by atoms with Crippen LogP contribution in [0.2, 0.25) is 0 Å². The van der Waals surface area contributed by atoms with Gasteiger partial charge in [-0.2, -0.15) is 0 Å². The Labute approximate surface area is 81.3 Å². The zero-order valence-electron chi connectivity index (χ0n) is 6.42. The maximum Gasteiger partial charge on any atom is 0.281 e. The molecule has 2 rings (SSSR count). The summed E-state index contributed by atoms with van der Waals surface area (Å²) in [5.41, 5.74) is 0.322. The smallest absolute Gasteiger partial charge is 0.281 e. The molecule has 2 aromatic rings. The fourth-order valence-electron chi connectivity index (χ4n) is 1.08. The first-order valence-corrected chi connectivity index (χ1v) is 4.38. The van der Waals surface area contributed by atoms with E-state index in [-0.39, 0.29) is 5.69 Å². The monoisotopic (exact) mass is 246 g/mol. The second-order valence-corrected chi connectivity index (χ2v) is 3.49. The van der Waals surface area contributed by atoms with Crippen molar-refractivity contribution < 1.29 is 8.78 Å². The first-order valence-electron chi connectivity index (χ1n) is 3.59. The average Bonchev–Trinajstić information content (AvgIpc) is 2.46. The van der Waals surface area contributed by atoms with Crippen LogP contribution >= 0.6 is 15.9 Å². The van der Waals surface area contributed by atoms with Gasteiger partial charge in [-0.3, -0.25) is 0 Å². The maximum atomic E-state index is 12.2. The highest BCUT2D eigenvalue weighted by Crippen LogP contribution is 2.19. The molecule has 2 nitrogen and oxygen atoms in total. The van der Waals surface area contributed by atoms with Crippen molar-refractivity contribution in [3.63, 3.8) is 0 Å². The van der Waals surface area contributed by atoms with Crippen molar-refractivity contribution in [1.29, 1.82) is 0 Å². The second kappa shape index (κ2) is 3.06. The topological polar surface area (TPSA) is 17.3 Å². The van der Waals surface area contributed by atoms with Gasteiger partial charge in [0.1, 0.15) is 11.3 Å². The summed E-state index contributed by atoms with van der Waals surface area (Å²) in [6.07, 6.45) is 0.490. The largest absolute Gasteiger partial charge is 0.307 e. The molecule has 0 aliphatic rings. The lowest BCUT2D eigenvalue weighted by molar-refractivity contribution is 0.147. The minimum Gasteiger partial charge on any atom is -0.307 e. The number of pyridine rings is 1. The highest BCUT2D eigenvalue weighted by atomic mass is 79.9. The van der Waals surface area contributed by atoms with Crippen LogP contribution in [0.1, 0.15) is 12.1 Å². The third kappa shape index (κ3) is 1.56. The van der Waals surface area contributed by atoms with Gasteiger partial charge in [-0.15, -0.1) is 0 Å². The molecule has 13 heavy (non-hydrogen) atoms. The number of hydrogen-bond acceptors (Lipinski definition) is 1. The van der Waals surface area contributed by atoms with Crippen LogP contribution in [0, 0.1) is 0 Å². The van der Waals surface area contributed by atoms with Crippen molar-refractivity contribution in [2.75, 3.05) is 0 Å². The molecule has 5 heteroatoms. The first kappa shape index (κ1) is 8.62. The summed E-state index contributed by atoms with van der Waals surface area (Å²) in [6.45, 7) is 0. The van der Waals surface area contributed by atoms with Gasteiger partial charge in [-0.25, -0.2) is 13.8 Å². The van der Waals surface area contributed by atoms with E-state index in [1.807, 2.05) is 0 Å². The normalized spacial score (nSPS) is 11.4. The molecular weight excluding hydrogens is 242 g/mol. The standard InChI is InChI=1S/C8H5BrF2N2/c9-5-1-2-13-4-6(8(10)11)12-7(13)3-5/h1-4,8H. The molecule has 0 N–H and O–H groups in total. The van der Waals surface area contributed by atoms with Crippen LogP contribution in [-0.4, -0.2) is 9.38 Å². The Kier molecular flexibility index (Phi) is 2.03. The van der Waals surface area contributed by atoms with Gasteiger partial charge in [0.25, 0.3) is 6.43 Å². The molecule has 0 bridgehead atoms. The Morgan fingerprint density at radius 3 is 2.92 bits per heavy atom. The Morgan fingerprint density at radius 2 is 2.23 bits per heavy atom. The summed E-state index contributed by atoms with van der Waals surface area (Å²) in [6, 6.07) is 3.45. The number of rotatable bonds is 1. The Morgan fingerprint density at radius 1 is 1.46 bits per heavy atom. The van der Waals surface area contributed by atoms with E-state index < -0.39 is 6.43 Å². The van der Waals surface area contributed by atoms with E-state index in [0.29, 0.717) is 5.65 Å². The van der Waals surface area contributed by atoms with E-state index in [0.717, 1.165) is 4.47 Å². The van der Waals surface area contributed by atoms with Gasteiger partial charge < -0.3 is 4.40 Å². The summed E-state index contributed by atoms with van der Waals surface area (Å²) in [7, 11) is 0. The van der Waals surface area contributed by atoms with E-state index in [1.54, 1.807) is 22.7 Å². The van der Waals surface area contributed by atoms with Crippen molar-refractivity contribution in [2.45, 2.75) is 6.43 Å². The minimum absolute atomic E-state index is 0.196. The molecule has 0 saturated carbocycles. The fourth-order valence-corrected chi connectivity index (χ4v) is 1.40. The summed E-state index contributed by atoms with van der Waals surface area (Å²) < 4.78 is 26.8. The van der Waals surface area contributed by atoms with Crippen LogP contribution in [0.4, 0.5) is 8.78 Å². The van der Waals surface area contributed by atoms with Gasteiger partial charge in [0.05, 0.1) is 0 Å². The van der Waals surface area contributed by atoms with E-state index >= 15 is 0 Å². The highest BCUT2D eigenvalue weighted by molar-refractivity contribution is 9.10. The van der Waals surface area contributed by atoms with Crippen molar-refractivity contribution >= 4 is 21.6 Å². The van der Waals surface area contributed by atoms with Crippen LogP contribution in [0.3, 0.4) is 0 Å². The minimum atomic E-state index is -2.52. The first-order chi connectivity index (χ1) is 6.16. The van der Waals surface area contributed by atoms with E-state index in [4.69, 9.17) is 0 Å². The third-order valence-electron chi connectivity index (χ3n) is 1.66. The van der Waals surface area contributed by atoms with Crippen molar-refractivity contribution in [3.05, 3.63) is 34.7 Å². The summed E-state index contributed by atoms with van der Waals surface area (Å²) in [5, 5.41) is 0. The van der Waals surface area contributed by atoms with Gasteiger partial charge in [0.15, 0.2) is 0 Å². The molecule has 68 valence electrons. The lowest BCUT2D eigenvalue weighted by Crippen LogP contribution is -1.80. The van der Waals surface area contributed by atoms with Crippen molar-refractivity contribution in [1.82, 2.24) is 9.38 Å². The molecule has 0 aromatic carbocycles. The number of alkyl halides is 2. The van der Waals surface area contributed by atoms with Crippen molar-refractivity contribution in [3.8, 4) is 0 Å². The maximum absolute atomic E-state index is 12.2. The zero-order chi connectivity index (χ0) is 9.42. The predicted octanol–water partition coefficient (Wildman–Crippen LogP) is 3.03. The van der Waals surface area contributed by atoms with Crippen LogP contribution in [-0.2, 0) is 0 Å². The van der Waals surface area contributed by atoms with Crippen LogP contribution in [0.5, 0.6) is 0 Å². The average molecular weight is 247 g/mol. The fraction of sp³-hybridized carbons (Fsp3) is 0.125. The van der Waals surface area contributed by atoms with E-state index in [2.05, 4.69) is 20.9 Å². The van der Waals surface area contributed by atoms with Gasteiger partial charge in [-0.05, 0) is 12.1 Å². The Bertz CT molecular complexity index is 439. The highest BCUT2D eigenvalue weighted by Gasteiger charge is 2.11. The summed E-state index contributed by atoms with van der Waals surface area (Å²) in [4.78, 5) is 3.76. The van der Waals surface area contributed by atoms with E-state index in [1.165, 1.54) is 6.20 Å². The zero-order valence-corrected chi connectivity index (χ0v) is 8.00. The van der Waals surface area contributed by atoms with E-state index in [9.17, 15) is 8.78 Å². The molecule has 0 atom stereocenters. The molecule has 2 aromatic heterocycles. The molecule has 2 heterocycles. The van der Waals surface area contributed by atoms with Gasteiger partial charge >= 0.3 is 0 Å². The molecule has 0 fully saturated rings. The summed E-state index contributed by atoms with van der Waals surface area (Å²) >= 11 is 3.24. The lowest BCUT2D eigenvalue weighted by atomic mass is 10.5. The van der Waals surface area contributed by atoms with Crippen molar-refractivity contribution in [2.24, 2.45) is 0 Å². The Balaban J connectivity index is 2.62. The van der Waals surface area contributed by atoms with Gasteiger partial charge in [0, 0.05) is 16.9 Å². The molecule has 0 aliphatic heterocycles. The second-order valence-electron chi connectivity index (χ2n) is 2.58. The number of fused-ring (bicyclic) bond motifs is 1. The van der Waals surface area contributed by atoms with Gasteiger partial charge in [-0.1, -0.05) is 15.9 Å². The number of aromatic nitrogens is 2. The van der Waals surface area contributed by atoms with Gasteiger partial charge in [0.2, 0.25) is 0 Å². The predicted molar refractivity (Wildman–Crippen MR) is 47.8 cm³/mol. The number of nitrogens with zero attached hydrogens (tertiary/aromatic N) is 2. The molecule has 0 saturated heterocycles. The molecule has 0 amide bonds. The quantitative estimate of drug-likeness (QED) is 0.757. The molecular formula is C8H5BrF2N2. The SMILES string of the molecule is FC(F)c1cn2ccc(Br)cc2n1. The third-order valence-corrected chi connectivity index (χ3v) is 2.16. The van der Waals surface area contributed by atoms with Crippen LogP contribution < -0.4 is 0 Å². The number of hydrogen-bond donors (Lipinski definition) is 0. The number of halogens is 3. The number of imidazole rings is 1. The molecule has 0 aliphatic carbocycles. The summed E-state index contributed by atoms with van der Waals surface area (Å²) in [5.74, 6) is 0. The molecule has 0 spiro atoms. The van der Waals surface area contributed by atoms with Crippen LogP contribution in [0.25, 0.3) is 5.65 Å². The Hall–Kier alpha value is -0.970. The van der Waals surface area contributed by atoms with Crippen LogP contribution in [0.15, 0.2) is 29.0 Å². The lowest BCUT2D eigenvalue weighted by Gasteiger charge is -1.91. The molecule has 0 unspecified atom stereocenters.